The second kappa shape index (κ2) is 4.18. The van der Waals surface area contributed by atoms with Gasteiger partial charge in [0.1, 0.15) is 0 Å². The van der Waals surface area contributed by atoms with Crippen molar-refractivity contribution in [2.24, 2.45) is 0 Å². The van der Waals surface area contributed by atoms with Crippen LogP contribution < -0.4 is 0 Å². The highest BCUT2D eigenvalue weighted by molar-refractivity contribution is 7.22. The molecule has 0 N–H and O–H groups in total. The average Bonchev–Trinajstić information content (AvgIpc) is 2.90. The molecule has 0 aliphatic heterocycles. The maximum atomic E-state index is 4.72. The van der Waals surface area contributed by atoms with Crippen molar-refractivity contribution in [2.45, 2.75) is 0 Å². The van der Waals surface area contributed by atoms with Crippen LogP contribution in [0.4, 0.5) is 0 Å². The van der Waals surface area contributed by atoms with Crippen molar-refractivity contribution in [3.05, 3.63) is 66.7 Å². The zero-order valence-corrected chi connectivity index (χ0v) is 10.9. The molecule has 2 aromatic carbocycles. The van der Waals surface area contributed by atoms with E-state index in [1.807, 2.05) is 24.3 Å². The number of aromatic nitrogens is 1. The molecular formula is C17H10NS-. The highest BCUT2D eigenvalue weighted by atomic mass is 32.1. The number of pyridine rings is 1. The van der Waals surface area contributed by atoms with Gasteiger partial charge in [-0.2, -0.15) is 0 Å². The third kappa shape index (κ3) is 1.81. The van der Waals surface area contributed by atoms with Crippen molar-refractivity contribution < 1.29 is 0 Å². The highest BCUT2D eigenvalue weighted by Gasteiger charge is 1.99. The molecule has 19 heavy (non-hydrogen) atoms. The number of thiophene rings is 1. The Morgan fingerprint density at radius 2 is 1.68 bits per heavy atom. The van der Waals surface area contributed by atoms with E-state index in [2.05, 4.69) is 42.5 Å². The Morgan fingerprint density at radius 3 is 2.63 bits per heavy atom. The van der Waals surface area contributed by atoms with Crippen LogP contribution in [0.2, 0.25) is 0 Å². The summed E-state index contributed by atoms with van der Waals surface area (Å²) in [6.07, 6.45) is 0. The minimum Gasteiger partial charge on any atom is -0.295 e. The minimum atomic E-state index is 1.000. The van der Waals surface area contributed by atoms with E-state index < -0.39 is 0 Å². The second-order valence-corrected chi connectivity index (χ2v) is 5.49. The largest absolute Gasteiger partial charge is 0.295 e. The number of fused-ring (bicyclic) bond motifs is 2. The first-order valence-electron chi connectivity index (χ1n) is 6.17. The predicted octanol–water partition coefficient (Wildman–Crippen LogP) is 4.92. The van der Waals surface area contributed by atoms with E-state index in [1.54, 1.807) is 11.3 Å². The van der Waals surface area contributed by atoms with Gasteiger partial charge >= 0.3 is 0 Å². The number of rotatable bonds is 1. The number of nitrogens with zero attached hydrogens (tertiary/aromatic N) is 1. The lowest BCUT2D eigenvalue weighted by Gasteiger charge is -2.04. The molecule has 0 amide bonds. The summed E-state index contributed by atoms with van der Waals surface area (Å²) in [4.78, 5) is 5.82. The fraction of sp³-hybridized carbons (Fsp3) is 0. The molecule has 0 spiro atoms. The van der Waals surface area contributed by atoms with Gasteiger partial charge in [0.25, 0.3) is 0 Å². The Bertz CT molecular complexity index is 843. The molecule has 2 heterocycles. The first kappa shape index (κ1) is 10.7. The molecule has 1 nitrogen and oxygen atoms in total. The summed E-state index contributed by atoms with van der Waals surface area (Å²) in [5.74, 6) is 0. The van der Waals surface area contributed by atoms with Crippen molar-refractivity contribution in [2.75, 3.05) is 0 Å². The number of benzene rings is 2. The standard InChI is InChI=1S/C17H10NS/c1-3-7-14-12(5-1)9-10-15(18-14)17-11-13-6-2-4-8-16(13)19-17/h1-10H/q-1. The minimum absolute atomic E-state index is 1.000. The van der Waals surface area contributed by atoms with Gasteiger partial charge in [-0.3, -0.25) is 4.98 Å². The quantitative estimate of drug-likeness (QED) is 0.443. The lowest BCUT2D eigenvalue weighted by Crippen LogP contribution is -1.82. The van der Waals surface area contributed by atoms with Gasteiger partial charge in [-0.05, 0) is 21.0 Å². The molecule has 0 saturated heterocycles. The van der Waals surface area contributed by atoms with Gasteiger partial charge in [0.05, 0.1) is 5.52 Å². The van der Waals surface area contributed by atoms with Crippen molar-refractivity contribution in [1.82, 2.24) is 4.98 Å². The molecule has 4 aromatic rings. The maximum Gasteiger partial charge on any atom is 0.0595 e. The van der Waals surface area contributed by atoms with Crippen LogP contribution in [0.3, 0.4) is 0 Å². The Labute approximate surface area is 115 Å². The number of hydrogen-bond acceptors (Lipinski definition) is 2. The van der Waals surface area contributed by atoms with Crippen LogP contribution in [0, 0.1) is 6.07 Å². The molecule has 0 saturated carbocycles. The summed E-state index contributed by atoms with van der Waals surface area (Å²) in [6, 6.07) is 24.1. The monoisotopic (exact) mass is 260 g/mol. The molecule has 90 valence electrons. The van der Waals surface area contributed by atoms with Crippen molar-refractivity contribution >= 4 is 32.3 Å². The lowest BCUT2D eigenvalue weighted by molar-refractivity contribution is 1.42. The average molecular weight is 260 g/mol. The Kier molecular flexibility index (Phi) is 2.35. The Balaban J connectivity index is 1.93. The summed E-state index contributed by atoms with van der Waals surface area (Å²) in [7, 11) is 0. The van der Waals surface area contributed by atoms with Crippen LogP contribution in [0.15, 0.2) is 60.7 Å². The van der Waals surface area contributed by atoms with Crippen LogP contribution in [0.5, 0.6) is 0 Å². The summed E-state index contributed by atoms with van der Waals surface area (Å²) in [6.45, 7) is 0. The topological polar surface area (TPSA) is 12.9 Å². The summed E-state index contributed by atoms with van der Waals surface area (Å²) >= 11 is 1.74. The molecule has 0 aliphatic rings. The maximum absolute atomic E-state index is 4.72. The van der Waals surface area contributed by atoms with E-state index >= 15 is 0 Å². The number of hydrogen-bond donors (Lipinski definition) is 0. The summed E-state index contributed by atoms with van der Waals surface area (Å²) in [5.41, 5.74) is 2.03. The zero-order valence-electron chi connectivity index (χ0n) is 10.1. The molecule has 0 bridgehead atoms. The van der Waals surface area contributed by atoms with Crippen LogP contribution in [-0.4, -0.2) is 4.98 Å². The van der Waals surface area contributed by atoms with E-state index in [-0.39, 0.29) is 0 Å². The molecule has 0 fully saturated rings. The first-order chi connectivity index (χ1) is 9.40. The van der Waals surface area contributed by atoms with Crippen molar-refractivity contribution in [1.29, 1.82) is 0 Å². The smallest absolute Gasteiger partial charge is 0.0595 e. The molecule has 2 heteroatoms. The second-order valence-electron chi connectivity index (χ2n) is 4.44. The van der Waals surface area contributed by atoms with Gasteiger partial charge in [0.2, 0.25) is 0 Å². The van der Waals surface area contributed by atoms with Gasteiger partial charge in [-0.15, -0.1) is 23.6 Å². The van der Waals surface area contributed by atoms with Gasteiger partial charge in [0.15, 0.2) is 0 Å². The van der Waals surface area contributed by atoms with Crippen LogP contribution in [0.1, 0.15) is 0 Å². The number of para-hydroxylation sites is 1. The van der Waals surface area contributed by atoms with E-state index in [9.17, 15) is 0 Å². The Morgan fingerprint density at radius 1 is 0.842 bits per heavy atom. The fourth-order valence-electron chi connectivity index (χ4n) is 2.23. The zero-order chi connectivity index (χ0) is 12.7. The van der Waals surface area contributed by atoms with Crippen LogP contribution >= 0.6 is 11.3 Å². The SMILES string of the molecule is [c-]1c(-c2ccc3ccccc3n2)sc2ccccc12. The van der Waals surface area contributed by atoms with Gasteiger partial charge in [-0.1, -0.05) is 42.5 Å². The Hall–Kier alpha value is -2.19. The molecule has 0 aliphatic carbocycles. The first-order valence-corrected chi connectivity index (χ1v) is 6.99. The molecule has 4 rings (SSSR count). The van der Waals surface area contributed by atoms with Gasteiger partial charge in [0, 0.05) is 5.69 Å². The van der Waals surface area contributed by atoms with Crippen LogP contribution in [-0.2, 0) is 0 Å². The van der Waals surface area contributed by atoms with E-state index in [1.165, 1.54) is 10.1 Å². The summed E-state index contributed by atoms with van der Waals surface area (Å²) < 4.78 is 1.26. The van der Waals surface area contributed by atoms with Crippen molar-refractivity contribution in [3.8, 4) is 10.6 Å². The third-order valence-corrected chi connectivity index (χ3v) is 4.27. The lowest BCUT2D eigenvalue weighted by atomic mass is 10.2. The molecular weight excluding hydrogens is 250 g/mol. The molecule has 0 atom stereocenters. The molecule has 0 unspecified atom stereocenters. The predicted molar refractivity (Wildman–Crippen MR) is 81.4 cm³/mol. The van der Waals surface area contributed by atoms with E-state index in [0.717, 1.165) is 21.5 Å². The van der Waals surface area contributed by atoms with Gasteiger partial charge < -0.3 is 0 Å². The van der Waals surface area contributed by atoms with E-state index in [4.69, 9.17) is 4.98 Å². The highest BCUT2D eigenvalue weighted by Crippen LogP contribution is 2.32. The normalized spacial score (nSPS) is 11.2. The van der Waals surface area contributed by atoms with Crippen LogP contribution in [0.25, 0.3) is 31.6 Å². The van der Waals surface area contributed by atoms with Crippen molar-refractivity contribution in [3.63, 3.8) is 0 Å². The molecule has 2 aromatic heterocycles. The fourth-order valence-corrected chi connectivity index (χ4v) is 3.20. The third-order valence-electron chi connectivity index (χ3n) is 3.18. The molecule has 0 radical (unpaired) electrons. The van der Waals surface area contributed by atoms with E-state index in [0.29, 0.717) is 0 Å². The summed E-state index contributed by atoms with van der Waals surface area (Å²) in [5, 5.41) is 2.34. The van der Waals surface area contributed by atoms with Gasteiger partial charge in [-0.25, -0.2) is 11.3 Å².